The zero-order valence-electron chi connectivity index (χ0n) is 11.9. The second-order valence-corrected chi connectivity index (χ2v) is 4.25. The van der Waals surface area contributed by atoms with E-state index in [4.69, 9.17) is 10.6 Å². The number of hydrazine groups is 1. The molecule has 0 bridgehead atoms. The Kier molecular flexibility index (Phi) is 6.37. The summed E-state index contributed by atoms with van der Waals surface area (Å²) in [6.45, 7) is 2.37. The number of ether oxygens (including phenoxy) is 1. The third kappa shape index (κ3) is 4.58. The Hall–Kier alpha value is -2.39. The molecule has 9 heteroatoms. The van der Waals surface area contributed by atoms with E-state index < -0.39 is 11.0 Å². The first-order valence-electron chi connectivity index (χ1n) is 6.28. The van der Waals surface area contributed by atoms with Gasteiger partial charge in [0.25, 0.3) is 0 Å². The Morgan fingerprint density at radius 1 is 1.48 bits per heavy atom. The number of amides is 1. The van der Waals surface area contributed by atoms with Gasteiger partial charge in [-0.3, -0.25) is 20.8 Å². The quantitative estimate of drug-likeness (QED) is 0.237. The van der Waals surface area contributed by atoms with Gasteiger partial charge in [0.05, 0.1) is 11.5 Å². The van der Waals surface area contributed by atoms with Crippen molar-refractivity contribution in [3.63, 3.8) is 0 Å². The molecule has 0 radical (unpaired) electrons. The highest BCUT2D eigenvalue weighted by molar-refractivity contribution is 5.86. The van der Waals surface area contributed by atoms with Crippen molar-refractivity contribution in [2.24, 2.45) is 5.84 Å². The molecule has 5 N–H and O–H groups in total. The van der Waals surface area contributed by atoms with Crippen molar-refractivity contribution < 1.29 is 14.5 Å². The van der Waals surface area contributed by atoms with Crippen LogP contribution in [-0.2, 0) is 9.53 Å². The first kappa shape index (κ1) is 16.7. The summed E-state index contributed by atoms with van der Waals surface area (Å²) in [5.74, 6) is 4.97. The third-order valence-electron chi connectivity index (χ3n) is 2.74. The second kappa shape index (κ2) is 8.02. The van der Waals surface area contributed by atoms with Gasteiger partial charge in [-0.05, 0) is 19.1 Å². The highest BCUT2D eigenvalue weighted by atomic mass is 16.6. The van der Waals surface area contributed by atoms with Gasteiger partial charge < -0.3 is 20.8 Å². The van der Waals surface area contributed by atoms with E-state index in [0.717, 1.165) is 0 Å². The number of nitrogen functional groups attached to an aromatic ring is 1. The number of methoxy groups -OCH3 is 1. The van der Waals surface area contributed by atoms with E-state index in [0.29, 0.717) is 13.2 Å². The van der Waals surface area contributed by atoms with Crippen LogP contribution in [-0.4, -0.2) is 37.1 Å². The number of nitro groups is 1. The SMILES string of the molecule is COCCNC(=O)C(C)Nc1cccc(NN)c1[N+](=O)[O-]. The first-order valence-corrected chi connectivity index (χ1v) is 6.28. The molecule has 0 heterocycles. The van der Waals surface area contributed by atoms with Gasteiger partial charge in [0.15, 0.2) is 0 Å². The van der Waals surface area contributed by atoms with E-state index in [1.165, 1.54) is 19.2 Å². The van der Waals surface area contributed by atoms with E-state index in [2.05, 4.69) is 16.1 Å². The molecule has 0 saturated heterocycles. The van der Waals surface area contributed by atoms with E-state index in [-0.39, 0.29) is 23.0 Å². The van der Waals surface area contributed by atoms with Crippen molar-refractivity contribution in [3.8, 4) is 0 Å². The molecular weight excluding hydrogens is 278 g/mol. The average molecular weight is 297 g/mol. The third-order valence-corrected chi connectivity index (χ3v) is 2.74. The van der Waals surface area contributed by atoms with Crippen molar-refractivity contribution in [2.75, 3.05) is 31.0 Å². The largest absolute Gasteiger partial charge is 0.383 e. The Labute approximate surface area is 122 Å². The number of anilines is 2. The lowest BCUT2D eigenvalue weighted by Gasteiger charge is -2.16. The van der Waals surface area contributed by atoms with Crippen LogP contribution in [0.25, 0.3) is 0 Å². The molecule has 0 spiro atoms. The van der Waals surface area contributed by atoms with Crippen LogP contribution in [0.1, 0.15) is 6.92 Å². The van der Waals surface area contributed by atoms with Crippen LogP contribution >= 0.6 is 0 Å². The molecule has 1 atom stereocenters. The zero-order chi connectivity index (χ0) is 15.8. The van der Waals surface area contributed by atoms with Crippen LogP contribution in [0.4, 0.5) is 17.1 Å². The number of hydrogen-bond donors (Lipinski definition) is 4. The molecule has 1 rings (SSSR count). The molecule has 9 nitrogen and oxygen atoms in total. The number of para-hydroxylation sites is 1. The fraction of sp³-hybridized carbons (Fsp3) is 0.417. The summed E-state index contributed by atoms with van der Waals surface area (Å²) in [5, 5.41) is 16.6. The normalized spacial score (nSPS) is 11.6. The summed E-state index contributed by atoms with van der Waals surface area (Å²) < 4.78 is 4.82. The Balaban J connectivity index is 2.82. The molecule has 116 valence electrons. The fourth-order valence-corrected chi connectivity index (χ4v) is 1.70. The van der Waals surface area contributed by atoms with Crippen LogP contribution in [0.3, 0.4) is 0 Å². The topological polar surface area (TPSA) is 132 Å². The molecule has 0 aliphatic heterocycles. The van der Waals surface area contributed by atoms with E-state index >= 15 is 0 Å². The van der Waals surface area contributed by atoms with Crippen molar-refractivity contribution in [1.29, 1.82) is 0 Å². The minimum atomic E-state index is -0.645. The fourth-order valence-electron chi connectivity index (χ4n) is 1.70. The number of rotatable bonds is 8. The molecule has 1 amide bonds. The lowest BCUT2D eigenvalue weighted by molar-refractivity contribution is -0.383. The average Bonchev–Trinajstić information content (AvgIpc) is 2.46. The molecular formula is C12H19N5O4. The van der Waals surface area contributed by atoms with E-state index in [9.17, 15) is 14.9 Å². The Morgan fingerprint density at radius 2 is 2.14 bits per heavy atom. The number of benzene rings is 1. The van der Waals surface area contributed by atoms with E-state index in [1.54, 1.807) is 13.0 Å². The molecule has 0 saturated carbocycles. The van der Waals surface area contributed by atoms with Crippen molar-refractivity contribution in [3.05, 3.63) is 28.3 Å². The van der Waals surface area contributed by atoms with Gasteiger partial charge in [-0.15, -0.1) is 0 Å². The predicted octanol–water partition coefficient (Wildman–Crippen LogP) is 0.443. The first-order chi connectivity index (χ1) is 10.0. The van der Waals surface area contributed by atoms with Gasteiger partial charge in [0, 0.05) is 13.7 Å². The number of nitrogens with one attached hydrogen (secondary N) is 3. The predicted molar refractivity (Wildman–Crippen MR) is 78.9 cm³/mol. The number of nitro benzene ring substituents is 1. The van der Waals surface area contributed by atoms with Crippen molar-refractivity contribution >= 4 is 23.0 Å². The maximum atomic E-state index is 11.8. The Morgan fingerprint density at radius 3 is 2.71 bits per heavy atom. The van der Waals surface area contributed by atoms with Crippen LogP contribution in [0.2, 0.25) is 0 Å². The molecule has 1 unspecified atom stereocenters. The summed E-state index contributed by atoms with van der Waals surface area (Å²) in [7, 11) is 1.53. The lowest BCUT2D eigenvalue weighted by atomic mass is 10.2. The van der Waals surface area contributed by atoms with Gasteiger partial charge in [-0.25, -0.2) is 0 Å². The Bertz CT molecular complexity index is 508. The van der Waals surface area contributed by atoms with Crippen molar-refractivity contribution in [1.82, 2.24) is 5.32 Å². The molecule has 0 fully saturated rings. The minimum absolute atomic E-state index is 0.164. The molecule has 1 aromatic rings. The number of carbonyl (C=O) groups excluding carboxylic acids is 1. The minimum Gasteiger partial charge on any atom is -0.383 e. The van der Waals surface area contributed by atoms with E-state index in [1.807, 2.05) is 0 Å². The summed E-state index contributed by atoms with van der Waals surface area (Å²) in [6, 6.07) is 3.94. The van der Waals surface area contributed by atoms with Crippen LogP contribution in [0.5, 0.6) is 0 Å². The molecule has 21 heavy (non-hydrogen) atoms. The molecule has 0 aliphatic rings. The van der Waals surface area contributed by atoms with Gasteiger partial charge in [-0.1, -0.05) is 6.07 Å². The standard InChI is InChI=1S/C12H19N5O4/c1-8(12(18)14-6-7-21-2)15-9-4-3-5-10(16-13)11(9)17(19)20/h3-5,8,15-16H,6-7,13H2,1-2H3,(H,14,18). The molecule has 0 aliphatic carbocycles. The number of hydrogen-bond acceptors (Lipinski definition) is 7. The van der Waals surface area contributed by atoms with Gasteiger partial charge in [0.2, 0.25) is 5.91 Å². The summed E-state index contributed by atoms with van der Waals surface area (Å²) in [4.78, 5) is 22.4. The molecule has 1 aromatic carbocycles. The highest BCUT2D eigenvalue weighted by Gasteiger charge is 2.22. The van der Waals surface area contributed by atoms with Crippen molar-refractivity contribution in [2.45, 2.75) is 13.0 Å². The van der Waals surface area contributed by atoms with Gasteiger partial charge in [-0.2, -0.15) is 0 Å². The second-order valence-electron chi connectivity index (χ2n) is 4.25. The van der Waals surface area contributed by atoms with Gasteiger partial charge in [0.1, 0.15) is 17.4 Å². The summed E-state index contributed by atoms with van der Waals surface area (Å²) >= 11 is 0. The summed E-state index contributed by atoms with van der Waals surface area (Å²) in [5.41, 5.74) is 2.43. The smallest absolute Gasteiger partial charge is 0.316 e. The van der Waals surface area contributed by atoms with Gasteiger partial charge >= 0.3 is 5.69 Å². The lowest BCUT2D eigenvalue weighted by Crippen LogP contribution is -2.39. The van der Waals surface area contributed by atoms with Crippen LogP contribution in [0.15, 0.2) is 18.2 Å². The summed E-state index contributed by atoms with van der Waals surface area (Å²) in [6.07, 6.45) is 0. The monoisotopic (exact) mass is 297 g/mol. The number of nitrogens with two attached hydrogens (primary N) is 1. The maximum Gasteiger partial charge on any atom is 0.316 e. The highest BCUT2D eigenvalue weighted by Crippen LogP contribution is 2.32. The maximum absolute atomic E-state index is 11.8. The molecule has 0 aromatic heterocycles. The number of nitrogens with zero attached hydrogens (tertiary/aromatic N) is 1. The van der Waals surface area contributed by atoms with Crippen LogP contribution in [0, 0.1) is 10.1 Å². The van der Waals surface area contributed by atoms with Crippen LogP contribution < -0.4 is 21.9 Å². The zero-order valence-corrected chi connectivity index (χ0v) is 11.9. The number of carbonyl (C=O) groups is 1.